The molecule has 16 heavy (non-hydrogen) atoms. The minimum atomic E-state index is -3.00. The lowest BCUT2D eigenvalue weighted by Crippen LogP contribution is -2.46. The maximum absolute atomic E-state index is 11.8. The van der Waals surface area contributed by atoms with Crippen molar-refractivity contribution in [2.45, 2.75) is 26.3 Å². The molecule has 0 bridgehead atoms. The number of nitrogens with one attached hydrogen (secondary N) is 1. The lowest BCUT2D eigenvalue weighted by molar-refractivity contribution is -0.125. The second-order valence-corrected chi connectivity index (χ2v) is 6.92. The van der Waals surface area contributed by atoms with Crippen molar-refractivity contribution in [1.29, 1.82) is 0 Å². The SMILES string of the molecule is CC(C)C(CN)NC(=O)C1CCS(=O)(=O)C1. The number of amides is 1. The Hall–Kier alpha value is -0.620. The van der Waals surface area contributed by atoms with E-state index in [1.807, 2.05) is 13.8 Å². The Morgan fingerprint density at radius 3 is 2.50 bits per heavy atom. The third-order valence-electron chi connectivity index (χ3n) is 2.99. The fourth-order valence-corrected chi connectivity index (χ4v) is 3.54. The molecule has 1 aliphatic heterocycles. The fraction of sp³-hybridized carbons (Fsp3) is 0.900. The van der Waals surface area contributed by atoms with Crippen LogP contribution in [0.3, 0.4) is 0 Å². The summed E-state index contributed by atoms with van der Waals surface area (Å²) in [5, 5.41) is 2.82. The van der Waals surface area contributed by atoms with Crippen LogP contribution in [-0.2, 0) is 14.6 Å². The molecule has 1 aliphatic rings. The summed E-state index contributed by atoms with van der Waals surface area (Å²) in [6, 6.07) is -0.0733. The van der Waals surface area contributed by atoms with Crippen molar-refractivity contribution >= 4 is 15.7 Å². The van der Waals surface area contributed by atoms with Crippen LogP contribution in [-0.4, -0.2) is 38.4 Å². The van der Waals surface area contributed by atoms with E-state index in [1.54, 1.807) is 0 Å². The molecule has 0 aromatic rings. The Balaban J connectivity index is 2.53. The molecule has 0 saturated carbocycles. The van der Waals surface area contributed by atoms with Gasteiger partial charge in [-0.15, -0.1) is 0 Å². The first-order chi connectivity index (χ1) is 7.35. The first-order valence-corrected chi connectivity index (χ1v) is 7.38. The second-order valence-electron chi connectivity index (χ2n) is 4.69. The van der Waals surface area contributed by atoms with E-state index < -0.39 is 15.8 Å². The predicted molar refractivity (Wildman–Crippen MR) is 62.6 cm³/mol. The molecule has 0 aliphatic carbocycles. The summed E-state index contributed by atoms with van der Waals surface area (Å²) in [5.41, 5.74) is 5.54. The Morgan fingerprint density at radius 1 is 1.50 bits per heavy atom. The third-order valence-corrected chi connectivity index (χ3v) is 4.76. The molecular formula is C10H20N2O3S. The fourth-order valence-electron chi connectivity index (χ4n) is 1.80. The van der Waals surface area contributed by atoms with Crippen LogP contribution in [0.15, 0.2) is 0 Å². The minimum Gasteiger partial charge on any atom is -0.352 e. The predicted octanol–water partition coefficient (Wildman–Crippen LogP) is -0.479. The summed E-state index contributed by atoms with van der Waals surface area (Å²) >= 11 is 0. The molecule has 1 rings (SSSR count). The molecule has 0 aromatic carbocycles. The van der Waals surface area contributed by atoms with Gasteiger partial charge in [0.2, 0.25) is 5.91 Å². The smallest absolute Gasteiger partial charge is 0.224 e. The van der Waals surface area contributed by atoms with Crippen molar-refractivity contribution in [3.05, 3.63) is 0 Å². The van der Waals surface area contributed by atoms with E-state index in [0.717, 1.165) is 0 Å². The Bertz CT molecular complexity index is 351. The van der Waals surface area contributed by atoms with Gasteiger partial charge in [-0.1, -0.05) is 13.8 Å². The van der Waals surface area contributed by atoms with Gasteiger partial charge in [0.25, 0.3) is 0 Å². The maximum atomic E-state index is 11.8. The molecule has 6 heteroatoms. The minimum absolute atomic E-state index is 0.0196. The van der Waals surface area contributed by atoms with Crippen LogP contribution in [0, 0.1) is 11.8 Å². The summed E-state index contributed by atoms with van der Waals surface area (Å²) in [7, 11) is -3.00. The van der Waals surface area contributed by atoms with E-state index >= 15 is 0 Å². The van der Waals surface area contributed by atoms with Gasteiger partial charge in [0.05, 0.1) is 17.4 Å². The van der Waals surface area contributed by atoms with Gasteiger partial charge < -0.3 is 11.1 Å². The molecule has 0 aromatic heterocycles. The van der Waals surface area contributed by atoms with Crippen LogP contribution in [0.5, 0.6) is 0 Å². The van der Waals surface area contributed by atoms with E-state index in [9.17, 15) is 13.2 Å². The van der Waals surface area contributed by atoms with Gasteiger partial charge >= 0.3 is 0 Å². The van der Waals surface area contributed by atoms with Gasteiger partial charge in [0, 0.05) is 12.6 Å². The van der Waals surface area contributed by atoms with E-state index in [-0.39, 0.29) is 29.4 Å². The number of carbonyl (C=O) groups is 1. The highest BCUT2D eigenvalue weighted by atomic mass is 32.2. The lowest BCUT2D eigenvalue weighted by Gasteiger charge is -2.22. The third kappa shape index (κ3) is 3.45. The van der Waals surface area contributed by atoms with Crippen molar-refractivity contribution in [1.82, 2.24) is 5.32 Å². The average molecular weight is 248 g/mol. The Morgan fingerprint density at radius 2 is 2.12 bits per heavy atom. The standard InChI is InChI=1S/C10H20N2O3S/c1-7(2)9(5-11)12-10(13)8-3-4-16(14,15)6-8/h7-9H,3-6,11H2,1-2H3,(H,12,13). The van der Waals surface area contributed by atoms with Crippen LogP contribution in [0.25, 0.3) is 0 Å². The van der Waals surface area contributed by atoms with Crippen molar-refractivity contribution in [2.75, 3.05) is 18.1 Å². The van der Waals surface area contributed by atoms with Crippen LogP contribution < -0.4 is 11.1 Å². The first-order valence-electron chi connectivity index (χ1n) is 5.56. The van der Waals surface area contributed by atoms with E-state index in [4.69, 9.17) is 5.73 Å². The van der Waals surface area contributed by atoms with Gasteiger partial charge in [-0.2, -0.15) is 0 Å². The highest BCUT2D eigenvalue weighted by Crippen LogP contribution is 2.18. The first kappa shape index (κ1) is 13.4. The molecule has 5 nitrogen and oxygen atoms in total. The molecule has 1 heterocycles. The molecule has 1 amide bonds. The molecule has 0 spiro atoms. The van der Waals surface area contributed by atoms with Crippen molar-refractivity contribution in [2.24, 2.45) is 17.6 Å². The summed E-state index contributed by atoms with van der Waals surface area (Å²) in [6.07, 6.45) is 0.434. The summed E-state index contributed by atoms with van der Waals surface area (Å²) in [5.74, 6) is -0.205. The Kier molecular flexibility index (Phi) is 4.32. The zero-order valence-electron chi connectivity index (χ0n) is 9.77. The topological polar surface area (TPSA) is 89.3 Å². The van der Waals surface area contributed by atoms with Crippen LogP contribution >= 0.6 is 0 Å². The van der Waals surface area contributed by atoms with Gasteiger partial charge in [0.15, 0.2) is 9.84 Å². The highest BCUT2D eigenvalue weighted by molar-refractivity contribution is 7.91. The van der Waals surface area contributed by atoms with Crippen LogP contribution in [0.1, 0.15) is 20.3 Å². The van der Waals surface area contributed by atoms with E-state index in [2.05, 4.69) is 5.32 Å². The number of rotatable bonds is 4. The number of sulfone groups is 1. The zero-order chi connectivity index (χ0) is 12.3. The van der Waals surface area contributed by atoms with Crippen LogP contribution in [0.4, 0.5) is 0 Å². The van der Waals surface area contributed by atoms with Gasteiger partial charge in [-0.3, -0.25) is 4.79 Å². The molecular weight excluding hydrogens is 228 g/mol. The van der Waals surface area contributed by atoms with Gasteiger partial charge in [-0.25, -0.2) is 8.42 Å². The highest BCUT2D eigenvalue weighted by Gasteiger charge is 2.33. The number of nitrogens with two attached hydrogens (primary N) is 1. The molecule has 0 radical (unpaired) electrons. The lowest BCUT2D eigenvalue weighted by atomic mass is 10.0. The molecule has 3 N–H and O–H groups in total. The number of hydrogen-bond acceptors (Lipinski definition) is 4. The van der Waals surface area contributed by atoms with E-state index in [0.29, 0.717) is 13.0 Å². The normalized spacial score (nSPS) is 25.6. The second kappa shape index (κ2) is 5.14. The van der Waals surface area contributed by atoms with Crippen molar-refractivity contribution < 1.29 is 13.2 Å². The summed E-state index contributed by atoms with van der Waals surface area (Å²) in [4.78, 5) is 11.8. The molecule has 2 unspecified atom stereocenters. The quantitative estimate of drug-likeness (QED) is 0.703. The monoisotopic (exact) mass is 248 g/mol. The molecule has 1 fully saturated rings. The summed E-state index contributed by atoms with van der Waals surface area (Å²) in [6.45, 7) is 4.33. The summed E-state index contributed by atoms with van der Waals surface area (Å²) < 4.78 is 22.5. The average Bonchev–Trinajstić information content (AvgIpc) is 2.54. The largest absolute Gasteiger partial charge is 0.352 e. The number of carbonyl (C=O) groups excluding carboxylic acids is 1. The maximum Gasteiger partial charge on any atom is 0.224 e. The number of hydrogen-bond donors (Lipinski definition) is 2. The van der Waals surface area contributed by atoms with Crippen molar-refractivity contribution in [3.63, 3.8) is 0 Å². The van der Waals surface area contributed by atoms with Crippen LogP contribution in [0.2, 0.25) is 0 Å². The molecule has 2 atom stereocenters. The molecule has 94 valence electrons. The van der Waals surface area contributed by atoms with E-state index in [1.165, 1.54) is 0 Å². The van der Waals surface area contributed by atoms with Gasteiger partial charge in [0.1, 0.15) is 0 Å². The van der Waals surface area contributed by atoms with Crippen molar-refractivity contribution in [3.8, 4) is 0 Å². The Labute approximate surface area is 96.7 Å². The zero-order valence-corrected chi connectivity index (χ0v) is 10.6. The molecule has 1 saturated heterocycles. The van der Waals surface area contributed by atoms with Gasteiger partial charge in [-0.05, 0) is 12.3 Å².